The van der Waals surface area contributed by atoms with E-state index >= 15 is 0 Å². The van der Waals surface area contributed by atoms with E-state index in [2.05, 4.69) is 10.2 Å². The molecule has 1 atom stereocenters. The normalized spacial score (nSPS) is 12.2. The van der Waals surface area contributed by atoms with E-state index in [-0.39, 0.29) is 22.0 Å². The van der Waals surface area contributed by atoms with Crippen LogP contribution in [0.5, 0.6) is 5.75 Å². The summed E-state index contributed by atoms with van der Waals surface area (Å²) in [6, 6.07) is 19.5. The van der Waals surface area contributed by atoms with Gasteiger partial charge in [-0.15, -0.1) is 0 Å². The van der Waals surface area contributed by atoms with E-state index < -0.39 is 21.9 Å². The molecular weight excluding hydrogens is 490 g/mol. The van der Waals surface area contributed by atoms with Crippen molar-refractivity contribution in [2.45, 2.75) is 42.1 Å². The van der Waals surface area contributed by atoms with Crippen LogP contribution in [0, 0.1) is 0 Å². The highest BCUT2D eigenvalue weighted by Crippen LogP contribution is 2.24. The quantitative estimate of drug-likeness (QED) is 0.204. The summed E-state index contributed by atoms with van der Waals surface area (Å²) in [5.74, 6) is -0.256. The largest absolute Gasteiger partial charge is 0.387 e. The number of benzene rings is 3. The number of aliphatic hydroxyl groups excluding tert-OH is 1. The summed E-state index contributed by atoms with van der Waals surface area (Å²) in [5, 5.41) is 14.0. The number of hydrogen-bond acceptors (Lipinski definition) is 7. The standard InChI is InChI=1S/C26H28ClNO6S/c1-2-4-26(30)34-33-22-9-13-24(14-10-22)35(31,32)23-11-7-19(8-12-23)15-16-28-18-25(29)20-5-3-6-21(27)17-20/h3,5-14,17,25,28-29H,2,4,15-16,18H2,1H3/t25-/m0/s1. The van der Waals surface area contributed by atoms with Crippen LogP contribution in [0.4, 0.5) is 0 Å². The zero-order valence-corrected chi connectivity index (χ0v) is 20.9. The van der Waals surface area contributed by atoms with Gasteiger partial charge in [-0.3, -0.25) is 9.78 Å². The number of rotatable bonds is 12. The monoisotopic (exact) mass is 517 g/mol. The second kappa shape index (κ2) is 12.7. The van der Waals surface area contributed by atoms with Crippen molar-refractivity contribution in [2.24, 2.45) is 0 Å². The first-order valence-corrected chi connectivity index (χ1v) is 13.1. The van der Waals surface area contributed by atoms with Crippen LogP contribution in [0.1, 0.15) is 37.0 Å². The Bertz CT molecular complexity index is 1210. The van der Waals surface area contributed by atoms with Crippen LogP contribution in [0.2, 0.25) is 5.02 Å². The van der Waals surface area contributed by atoms with Gasteiger partial charge in [0.15, 0.2) is 5.75 Å². The second-order valence-corrected chi connectivity index (χ2v) is 10.3. The van der Waals surface area contributed by atoms with Crippen molar-refractivity contribution in [3.63, 3.8) is 0 Å². The molecule has 0 aliphatic heterocycles. The molecule has 7 nitrogen and oxygen atoms in total. The van der Waals surface area contributed by atoms with E-state index in [1.807, 2.05) is 13.0 Å². The molecule has 0 aliphatic rings. The summed E-state index contributed by atoms with van der Waals surface area (Å²) in [6.07, 6.45) is 0.887. The Morgan fingerprint density at radius 1 is 1.03 bits per heavy atom. The summed E-state index contributed by atoms with van der Waals surface area (Å²) in [5.41, 5.74) is 1.71. The lowest BCUT2D eigenvalue weighted by Crippen LogP contribution is -2.23. The van der Waals surface area contributed by atoms with E-state index in [9.17, 15) is 18.3 Å². The summed E-state index contributed by atoms with van der Waals surface area (Å²) in [7, 11) is -3.71. The van der Waals surface area contributed by atoms with Gasteiger partial charge in [0.1, 0.15) is 0 Å². The lowest BCUT2D eigenvalue weighted by Gasteiger charge is -2.13. The summed E-state index contributed by atoms with van der Waals surface area (Å²) < 4.78 is 25.9. The zero-order chi connectivity index (χ0) is 25.3. The maximum Gasteiger partial charge on any atom is 0.355 e. The molecule has 0 saturated carbocycles. The molecule has 0 radical (unpaired) electrons. The zero-order valence-electron chi connectivity index (χ0n) is 19.3. The average molecular weight is 518 g/mol. The smallest absolute Gasteiger partial charge is 0.355 e. The molecule has 9 heteroatoms. The van der Waals surface area contributed by atoms with Crippen molar-refractivity contribution in [3.8, 4) is 5.75 Å². The van der Waals surface area contributed by atoms with Gasteiger partial charge in [0.25, 0.3) is 0 Å². The fourth-order valence-electron chi connectivity index (χ4n) is 3.29. The summed E-state index contributed by atoms with van der Waals surface area (Å²) in [4.78, 5) is 21.2. The molecule has 3 aromatic carbocycles. The van der Waals surface area contributed by atoms with Gasteiger partial charge < -0.3 is 10.4 Å². The number of sulfone groups is 1. The highest BCUT2D eigenvalue weighted by molar-refractivity contribution is 7.91. The molecule has 35 heavy (non-hydrogen) atoms. The van der Waals surface area contributed by atoms with E-state index in [0.29, 0.717) is 31.0 Å². The molecule has 2 N–H and O–H groups in total. The third-order valence-electron chi connectivity index (χ3n) is 5.21. The van der Waals surface area contributed by atoms with E-state index in [0.717, 1.165) is 11.1 Å². The Morgan fingerprint density at radius 2 is 1.69 bits per heavy atom. The van der Waals surface area contributed by atoms with Crippen molar-refractivity contribution < 1.29 is 28.1 Å². The maximum atomic E-state index is 12.9. The Kier molecular flexibility index (Phi) is 9.68. The van der Waals surface area contributed by atoms with Crippen molar-refractivity contribution in [1.29, 1.82) is 0 Å². The first-order valence-electron chi connectivity index (χ1n) is 11.3. The van der Waals surface area contributed by atoms with Crippen molar-refractivity contribution >= 4 is 27.4 Å². The van der Waals surface area contributed by atoms with Gasteiger partial charge >= 0.3 is 5.97 Å². The predicted molar refractivity (Wildman–Crippen MR) is 133 cm³/mol. The first-order chi connectivity index (χ1) is 16.8. The average Bonchev–Trinajstić information content (AvgIpc) is 2.86. The number of carbonyl (C=O) groups excluding carboxylic acids is 1. The number of halogens is 1. The summed E-state index contributed by atoms with van der Waals surface area (Å²) >= 11 is 5.96. The molecule has 0 spiro atoms. The Morgan fingerprint density at radius 3 is 2.31 bits per heavy atom. The summed E-state index contributed by atoms with van der Waals surface area (Å²) in [6.45, 7) is 2.85. The Balaban J connectivity index is 1.51. The van der Waals surface area contributed by atoms with Gasteiger partial charge in [0, 0.05) is 18.0 Å². The highest BCUT2D eigenvalue weighted by atomic mass is 35.5. The van der Waals surface area contributed by atoms with Gasteiger partial charge in [0.2, 0.25) is 9.84 Å². The van der Waals surface area contributed by atoms with Crippen LogP contribution in [-0.2, 0) is 25.9 Å². The lowest BCUT2D eigenvalue weighted by molar-refractivity contribution is -0.213. The highest BCUT2D eigenvalue weighted by Gasteiger charge is 2.18. The number of carbonyl (C=O) groups is 1. The molecule has 0 unspecified atom stereocenters. The molecule has 0 aliphatic carbocycles. The molecule has 3 rings (SSSR count). The van der Waals surface area contributed by atoms with Crippen LogP contribution in [0.3, 0.4) is 0 Å². The minimum atomic E-state index is -3.71. The van der Waals surface area contributed by atoms with Crippen molar-refractivity contribution in [2.75, 3.05) is 13.1 Å². The number of aliphatic hydroxyl groups is 1. The fraction of sp³-hybridized carbons (Fsp3) is 0.269. The molecule has 0 saturated heterocycles. The van der Waals surface area contributed by atoms with E-state index in [1.54, 1.807) is 42.5 Å². The van der Waals surface area contributed by atoms with Gasteiger partial charge in [-0.1, -0.05) is 42.8 Å². The van der Waals surface area contributed by atoms with Crippen molar-refractivity contribution in [3.05, 3.63) is 88.9 Å². The topological polar surface area (TPSA) is 102 Å². The maximum absolute atomic E-state index is 12.9. The molecule has 3 aromatic rings. The second-order valence-electron chi connectivity index (χ2n) is 7.93. The van der Waals surface area contributed by atoms with Crippen LogP contribution in [-0.4, -0.2) is 32.6 Å². The minimum Gasteiger partial charge on any atom is -0.387 e. The molecule has 0 bridgehead atoms. The molecule has 0 aromatic heterocycles. The molecular formula is C26H28ClNO6S. The Hall–Kier alpha value is -2.91. The van der Waals surface area contributed by atoms with Gasteiger partial charge in [0.05, 0.1) is 15.9 Å². The van der Waals surface area contributed by atoms with Crippen LogP contribution in [0.25, 0.3) is 0 Å². The van der Waals surface area contributed by atoms with Crippen LogP contribution >= 0.6 is 11.6 Å². The SMILES string of the molecule is CCCC(=O)OOc1ccc(S(=O)(=O)c2ccc(CCNC[C@H](O)c3cccc(Cl)c3)cc2)cc1. The number of nitrogens with one attached hydrogen (secondary N) is 1. The van der Waals surface area contributed by atoms with Crippen LogP contribution < -0.4 is 10.2 Å². The molecule has 0 amide bonds. The lowest BCUT2D eigenvalue weighted by atomic mass is 10.1. The Labute approximate surface area is 210 Å². The van der Waals surface area contributed by atoms with Gasteiger partial charge in [-0.2, -0.15) is 0 Å². The minimum absolute atomic E-state index is 0.106. The third kappa shape index (κ3) is 7.80. The fourth-order valence-corrected chi connectivity index (χ4v) is 4.75. The first kappa shape index (κ1) is 26.7. The third-order valence-corrected chi connectivity index (χ3v) is 7.23. The van der Waals surface area contributed by atoms with E-state index in [1.165, 1.54) is 24.3 Å². The number of hydrogen-bond donors (Lipinski definition) is 2. The molecule has 186 valence electrons. The van der Waals surface area contributed by atoms with Gasteiger partial charge in [-0.05, 0) is 79.0 Å². The van der Waals surface area contributed by atoms with Crippen LogP contribution in [0.15, 0.2) is 82.6 Å². The molecule has 0 fully saturated rings. The molecule has 0 heterocycles. The van der Waals surface area contributed by atoms with Crippen molar-refractivity contribution in [1.82, 2.24) is 5.32 Å². The van der Waals surface area contributed by atoms with Gasteiger partial charge in [-0.25, -0.2) is 13.2 Å². The predicted octanol–water partition coefficient (Wildman–Crippen LogP) is 4.68. The van der Waals surface area contributed by atoms with E-state index in [4.69, 9.17) is 16.5 Å².